The van der Waals surface area contributed by atoms with E-state index in [0.29, 0.717) is 24.1 Å². The summed E-state index contributed by atoms with van der Waals surface area (Å²) in [4.78, 5) is 0. The molecule has 2 N–H and O–H groups in total. The lowest BCUT2D eigenvalue weighted by molar-refractivity contribution is -0.138. The molecule has 2 aromatic carbocycles. The standard InChI is InChI=1S/C24H23F3N2O3S2/c25-24(26,27)16-8-11-20-19(13-16)23-18(22(29-20)15-5-2-1-3-6-15)10-9-17(32-23)14-28-34(30,31)21-7-4-12-33-21/h1-8,11-13,17-18,22-23,28-29H,9-10,14H2/t17-,18+,22+,23+/m1/s1. The van der Waals surface area contributed by atoms with Gasteiger partial charge < -0.3 is 10.1 Å². The van der Waals surface area contributed by atoms with Gasteiger partial charge in [0.2, 0.25) is 10.0 Å². The third-order valence-corrected chi connectivity index (χ3v) is 9.22. The van der Waals surface area contributed by atoms with Crippen LogP contribution in [0.1, 0.15) is 41.7 Å². The van der Waals surface area contributed by atoms with Crippen LogP contribution in [-0.4, -0.2) is 21.1 Å². The van der Waals surface area contributed by atoms with Gasteiger partial charge in [-0.2, -0.15) is 13.2 Å². The van der Waals surface area contributed by atoms with Gasteiger partial charge in [-0.25, -0.2) is 13.1 Å². The molecule has 3 aromatic rings. The molecule has 2 aliphatic rings. The largest absolute Gasteiger partial charge is 0.416 e. The summed E-state index contributed by atoms with van der Waals surface area (Å²) < 4.78 is 74.5. The van der Waals surface area contributed by atoms with Crippen molar-refractivity contribution >= 4 is 27.0 Å². The van der Waals surface area contributed by atoms with Crippen molar-refractivity contribution in [1.82, 2.24) is 4.72 Å². The Kier molecular flexibility index (Phi) is 6.18. The molecule has 1 aromatic heterocycles. The SMILES string of the molecule is O=S(=O)(NC[C@H]1CC[C@@H]2[C@H](O1)c1cc(C(F)(F)F)ccc1N[C@H]2c1ccccc1)c1cccs1. The molecule has 0 aliphatic carbocycles. The molecule has 0 radical (unpaired) electrons. The van der Waals surface area contributed by atoms with Crippen LogP contribution in [0.3, 0.4) is 0 Å². The lowest BCUT2D eigenvalue weighted by Crippen LogP contribution is -2.43. The number of alkyl halides is 3. The first-order valence-electron chi connectivity index (χ1n) is 10.9. The lowest BCUT2D eigenvalue weighted by Gasteiger charge is -2.46. The summed E-state index contributed by atoms with van der Waals surface area (Å²) >= 11 is 1.12. The summed E-state index contributed by atoms with van der Waals surface area (Å²) in [5, 5.41) is 5.11. The van der Waals surface area contributed by atoms with Crippen molar-refractivity contribution in [2.24, 2.45) is 5.92 Å². The molecule has 1 fully saturated rings. The highest BCUT2D eigenvalue weighted by molar-refractivity contribution is 7.91. The fraction of sp³-hybridized carbons (Fsp3) is 0.333. The fourth-order valence-electron chi connectivity index (χ4n) is 4.76. The summed E-state index contributed by atoms with van der Waals surface area (Å²) in [5.74, 6) is -0.0939. The molecule has 5 rings (SSSR count). The number of anilines is 1. The highest BCUT2D eigenvalue weighted by Gasteiger charge is 2.43. The van der Waals surface area contributed by atoms with Crippen LogP contribution >= 0.6 is 11.3 Å². The van der Waals surface area contributed by atoms with Crippen molar-refractivity contribution in [3.8, 4) is 0 Å². The van der Waals surface area contributed by atoms with Gasteiger partial charge in [0.15, 0.2) is 0 Å². The number of ether oxygens (including phenoxy) is 1. The number of halogens is 3. The van der Waals surface area contributed by atoms with Crippen LogP contribution in [0.4, 0.5) is 18.9 Å². The van der Waals surface area contributed by atoms with Crippen LogP contribution < -0.4 is 10.0 Å². The maximum absolute atomic E-state index is 13.4. The molecule has 0 saturated carbocycles. The number of rotatable bonds is 5. The van der Waals surface area contributed by atoms with Crippen LogP contribution in [0.25, 0.3) is 0 Å². The molecule has 4 atom stereocenters. The Morgan fingerprint density at radius 3 is 2.56 bits per heavy atom. The Morgan fingerprint density at radius 2 is 1.85 bits per heavy atom. The normalized spacial score (nSPS) is 24.7. The van der Waals surface area contributed by atoms with E-state index in [4.69, 9.17) is 4.74 Å². The average Bonchev–Trinajstić information content (AvgIpc) is 3.38. The first-order chi connectivity index (χ1) is 16.2. The first-order valence-corrected chi connectivity index (χ1v) is 13.3. The van der Waals surface area contributed by atoms with Crippen LogP contribution in [0, 0.1) is 5.92 Å². The van der Waals surface area contributed by atoms with Gasteiger partial charge in [-0.1, -0.05) is 36.4 Å². The Bertz CT molecular complexity index is 1250. The fourth-order valence-corrected chi connectivity index (χ4v) is 6.87. The molecule has 0 unspecified atom stereocenters. The zero-order valence-electron chi connectivity index (χ0n) is 18.0. The predicted octanol–water partition coefficient (Wildman–Crippen LogP) is 5.75. The average molecular weight is 509 g/mol. The van der Waals surface area contributed by atoms with Gasteiger partial charge in [-0.05, 0) is 48.1 Å². The van der Waals surface area contributed by atoms with Gasteiger partial charge in [-0.15, -0.1) is 11.3 Å². The Hall–Kier alpha value is -2.40. The van der Waals surface area contributed by atoms with Crippen molar-refractivity contribution in [2.45, 2.75) is 41.5 Å². The zero-order chi connectivity index (χ0) is 23.9. The molecule has 1 saturated heterocycles. The number of hydrogen-bond acceptors (Lipinski definition) is 5. The van der Waals surface area contributed by atoms with E-state index in [9.17, 15) is 21.6 Å². The van der Waals surface area contributed by atoms with Crippen LogP contribution in [0.2, 0.25) is 0 Å². The van der Waals surface area contributed by atoms with Gasteiger partial charge in [0.05, 0.1) is 23.8 Å². The number of fused-ring (bicyclic) bond motifs is 3. The van der Waals surface area contributed by atoms with Crippen molar-refractivity contribution in [3.63, 3.8) is 0 Å². The van der Waals surface area contributed by atoms with E-state index in [1.165, 1.54) is 12.1 Å². The van der Waals surface area contributed by atoms with Gasteiger partial charge in [0.25, 0.3) is 0 Å². The van der Waals surface area contributed by atoms with Gasteiger partial charge >= 0.3 is 6.18 Å². The second-order valence-electron chi connectivity index (χ2n) is 8.54. The minimum absolute atomic E-state index is 0.0567. The third-order valence-electron chi connectivity index (χ3n) is 6.39. The van der Waals surface area contributed by atoms with E-state index in [0.717, 1.165) is 29.0 Å². The maximum atomic E-state index is 13.4. The lowest BCUT2D eigenvalue weighted by atomic mass is 9.76. The maximum Gasteiger partial charge on any atom is 0.416 e. The topological polar surface area (TPSA) is 67.4 Å². The zero-order valence-corrected chi connectivity index (χ0v) is 19.6. The molecule has 0 amide bonds. The summed E-state index contributed by atoms with van der Waals surface area (Å²) in [6, 6.07) is 16.5. The van der Waals surface area contributed by atoms with E-state index in [-0.39, 0.29) is 22.7 Å². The first kappa shape index (κ1) is 23.3. The number of hydrogen-bond donors (Lipinski definition) is 2. The minimum Gasteiger partial charge on any atom is -0.378 e. The Balaban J connectivity index is 1.43. The van der Waals surface area contributed by atoms with Gasteiger partial charge in [0.1, 0.15) is 4.21 Å². The third kappa shape index (κ3) is 4.59. The van der Waals surface area contributed by atoms with Crippen molar-refractivity contribution in [1.29, 1.82) is 0 Å². The van der Waals surface area contributed by atoms with Gasteiger partial charge in [0, 0.05) is 23.7 Å². The molecular weight excluding hydrogens is 485 g/mol. The second-order valence-corrected chi connectivity index (χ2v) is 11.5. The molecule has 2 aliphatic heterocycles. The highest BCUT2D eigenvalue weighted by atomic mass is 32.2. The monoisotopic (exact) mass is 508 g/mol. The van der Waals surface area contributed by atoms with E-state index in [1.54, 1.807) is 11.4 Å². The molecule has 5 nitrogen and oxygen atoms in total. The summed E-state index contributed by atoms with van der Waals surface area (Å²) in [6.07, 6.45) is -4.24. The summed E-state index contributed by atoms with van der Waals surface area (Å²) in [6.45, 7) is 0.0567. The van der Waals surface area contributed by atoms with Crippen molar-refractivity contribution in [3.05, 3.63) is 82.7 Å². The Labute approximate surface area is 200 Å². The summed E-state index contributed by atoms with van der Waals surface area (Å²) in [5.41, 5.74) is 1.36. The van der Waals surface area contributed by atoms with E-state index >= 15 is 0 Å². The van der Waals surface area contributed by atoms with Gasteiger partial charge in [-0.3, -0.25) is 0 Å². The molecule has 0 bridgehead atoms. The molecule has 3 heterocycles. The van der Waals surface area contributed by atoms with E-state index in [1.807, 2.05) is 30.3 Å². The highest BCUT2D eigenvalue weighted by Crippen LogP contribution is 2.51. The van der Waals surface area contributed by atoms with E-state index < -0.39 is 34.0 Å². The molecule has 10 heteroatoms. The minimum atomic E-state index is -4.47. The Morgan fingerprint density at radius 1 is 1.06 bits per heavy atom. The smallest absolute Gasteiger partial charge is 0.378 e. The number of thiophene rings is 1. The van der Waals surface area contributed by atoms with Crippen LogP contribution in [0.15, 0.2) is 70.3 Å². The van der Waals surface area contributed by atoms with Crippen LogP contribution in [0.5, 0.6) is 0 Å². The van der Waals surface area contributed by atoms with E-state index in [2.05, 4.69) is 10.0 Å². The number of nitrogens with one attached hydrogen (secondary N) is 2. The molecule has 180 valence electrons. The predicted molar refractivity (Wildman–Crippen MR) is 124 cm³/mol. The van der Waals surface area contributed by atoms with Crippen molar-refractivity contribution < 1.29 is 26.3 Å². The quantitative estimate of drug-likeness (QED) is 0.461. The number of sulfonamides is 1. The molecule has 0 spiro atoms. The second kappa shape index (κ2) is 8.99. The summed E-state index contributed by atoms with van der Waals surface area (Å²) in [7, 11) is -3.66. The number of benzene rings is 2. The molecular formula is C24H23F3N2O3S2. The van der Waals surface area contributed by atoms with Crippen LogP contribution in [-0.2, 0) is 20.9 Å². The van der Waals surface area contributed by atoms with Crippen molar-refractivity contribution in [2.75, 3.05) is 11.9 Å². The molecule has 34 heavy (non-hydrogen) atoms.